The van der Waals surface area contributed by atoms with Crippen molar-refractivity contribution in [2.45, 2.75) is 6.92 Å². The van der Waals surface area contributed by atoms with E-state index in [1.807, 2.05) is 0 Å². The van der Waals surface area contributed by atoms with Crippen LogP contribution in [-0.2, 0) is 4.79 Å². The van der Waals surface area contributed by atoms with Crippen molar-refractivity contribution in [1.29, 1.82) is 0 Å². The van der Waals surface area contributed by atoms with Gasteiger partial charge in [0.25, 0.3) is 5.91 Å². The predicted molar refractivity (Wildman–Crippen MR) is 89.7 cm³/mol. The molecule has 1 amide bonds. The van der Waals surface area contributed by atoms with Gasteiger partial charge in [0.2, 0.25) is 0 Å². The number of carbonyl (C=O) groups is 2. The molecule has 0 bridgehead atoms. The molecule has 25 heavy (non-hydrogen) atoms. The van der Waals surface area contributed by atoms with Crippen molar-refractivity contribution in [3.63, 3.8) is 0 Å². The van der Waals surface area contributed by atoms with Gasteiger partial charge in [-0.1, -0.05) is 6.58 Å². The van der Waals surface area contributed by atoms with Gasteiger partial charge in [-0.15, -0.1) is 0 Å². The molecule has 0 fully saturated rings. The normalized spacial score (nSPS) is 10.6. The summed E-state index contributed by atoms with van der Waals surface area (Å²) in [4.78, 5) is 34.0. The molecule has 3 rings (SSSR count). The minimum atomic E-state index is -1.14. The van der Waals surface area contributed by atoms with Crippen LogP contribution in [0.3, 0.4) is 0 Å². The van der Waals surface area contributed by atoms with Crippen molar-refractivity contribution in [2.24, 2.45) is 0 Å². The van der Waals surface area contributed by atoms with Gasteiger partial charge >= 0.3 is 5.97 Å². The van der Waals surface area contributed by atoms with E-state index < -0.39 is 17.7 Å². The fourth-order valence-corrected chi connectivity index (χ4v) is 2.35. The first-order valence-electron chi connectivity index (χ1n) is 7.20. The van der Waals surface area contributed by atoms with Gasteiger partial charge in [0, 0.05) is 17.3 Å². The number of benzene rings is 1. The largest absolute Gasteiger partial charge is 0.478 e. The van der Waals surface area contributed by atoms with Crippen molar-refractivity contribution in [3.8, 4) is 11.3 Å². The van der Waals surface area contributed by atoms with E-state index in [2.05, 4.69) is 26.8 Å². The molecule has 2 heterocycles. The van der Waals surface area contributed by atoms with Crippen LogP contribution in [0.4, 0.5) is 10.1 Å². The summed E-state index contributed by atoms with van der Waals surface area (Å²) in [6, 6.07) is 4.01. The minimum absolute atomic E-state index is 0.00227. The Balaban J connectivity index is 2.16. The maximum Gasteiger partial charge on any atom is 0.338 e. The summed E-state index contributed by atoms with van der Waals surface area (Å²) in [5, 5.41) is 12.0. The second kappa shape index (κ2) is 6.16. The molecule has 0 saturated heterocycles. The number of hydrogen-bond acceptors (Lipinski definition) is 4. The number of aromatic carboxylic acids is 1. The van der Waals surface area contributed by atoms with Gasteiger partial charge < -0.3 is 15.4 Å². The monoisotopic (exact) mass is 340 g/mol. The van der Waals surface area contributed by atoms with Gasteiger partial charge in [0.1, 0.15) is 17.8 Å². The Hall–Kier alpha value is -3.55. The number of hydrogen-bond donors (Lipinski definition) is 3. The molecule has 0 aliphatic carbocycles. The maximum atomic E-state index is 14.0. The van der Waals surface area contributed by atoms with Gasteiger partial charge in [-0.05, 0) is 25.1 Å². The molecular weight excluding hydrogens is 327 g/mol. The Bertz CT molecular complexity index is 1030. The zero-order chi connectivity index (χ0) is 18.1. The quantitative estimate of drug-likeness (QED) is 0.633. The smallest absolute Gasteiger partial charge is 0.338 e. The highest BCUT2D eigenvalue weighted by Crippen LogP contribution is 2.30. The van der Waals surface area contributed by atoms with Crippen LogP contribution in [0.15, 0.2) is 42.9 Å². The third kappa shape index (κ3) is 2.97. The molecule has 0 aliphatic rings. The van der Waals surface area contributed by atoms with Gasteiger partial charge in [0.15, 0.2) is 0 Å². The fourth-order valence-electron chi connectivity index (χ4n) is 2.35. The minimum Gasteiger partial charge on any atom is -0.478 e. The highest BCUT2D eigenvalue weighted by atomic mass is 19.1. The van der Waals surface area contributed by atoms with Crippen molar-refractivity contribution < 1.29 is 19.1 Å². The molecule has 1 aromatic carbocycles. The van der Waals surface area contributed by atoms with Gasteiger partial charge in [0.05, 0.1) is 22.3 Å². The molecule has 0 spiro atoms. The van der Waals surface area contributed by atoms with E-state index in [1.165, 1.54) is 37.6 Å². The standard InChI is InChI=1S/C17H13FN4O3/c1-8(2)16(23)22-12-5-9(3-4-11(12)18)14-13-10(17(24)25)6-19-15(13)21-7-20-14/h3-7H,1H2,2H3,(H,22,23)(H,24,25)(H,19,20,21). The van der Waals surface area contributed by atoms with Gasteiger partial charge in [-0.3, -0.25) is 4.79 Å². The molecule has 3 aromatic rings. The summed E-state index contributed by atoms with van der Waals surface area (Å²) in [7, 11) is 0. The molecule has 7 nitrogen and oxygen atoms in total. The van der Waals surface area contributed by atoms with E-state index in [0.717, 1.165) is 0 Å². The van der Waals surface area contributed by atoms with Crippen LogP contribution in [0.2, 0.25) is 0 Å². The molecular formula is C17H13FN4O3. The molecule has 0 radical (unpaired) electrons. The number of nitrogens with zero attached hydrogens (tertiary/aromatic N) is 2. The Morgan fingerprint density at radius 1 is 1.32 bits per heavy atom. The van der Waals surface area contributed by atoms with Crippen molar-refractivity contribution >= 4 is 28.6 Å². The number of H-pyrrole nitrogens is 1. The topological polar surface area (TPSA) is 108 Å². The summed E-state index contributed by atoms with van der Waals surface area (Å²) < 4.78 is 14.0. The summed E-state index contributed by atoms with van der Waals surface area (Å²) in [6.07, 6.45) is 2.59. The van der Waals surface area contributed by atoms with E-state index in [4.69, 9.17) is 0 Å². The van der Waals surface area contributed by atoms with E-state index >= 15 is 0 Å². The molecule has 0 atom stereocenters. The number of halogens is 1. The molecule has 0 aliphatic heterocycles. The number of amides is 1. The maximum absolute atomic E-state index is 14.0. The Kier molecular flexibility index (Phi) is 4.02. The number of nitrogens with one attached hydrogen (secondary N) is 2. The number of rotatable bonds is 4. The van der Waals surface area contributed by atoms with E-state index in [1.54, 1.807) is 0 Å². The zero-order valence-electron chi connectivity index (χ0n) is 13.1. The number of aromatic amines is 1. The summed E-state index contributed by atoms with van der Waals surface area (Å²) >= 11 is 0. The van der Waals surface area contributed by atoms with Crippen LogP contribution in [0.1, 0.15) is 17.3 Å². The van der Waals surface area contributed by atoms with E-state index in [-0.39, 0.29) is 16.8 Å². The molecule has 126 valence electrons. The highest BCUT2D eigenvalue weighted by Gasteiger charge is 2.18. The summed E-state index contributed by atoms with van der Waals surface area (Å²) in [6.45, 7) is 5.01. The first-order chi connectivity index (χ1) is 11.9. The SMILES string of the molecule is C=C(C)C(=O)Nc1cc(-c2ncnc3[nH]cc(C(=O)O)c23)ccc1F. The van der Waals surface area contributed by atoms with E-state index in [0.29, 0.717) is 22.3 Å². The molecule has 0 saturated carbocycles. The third-order valence-electron chi connectivity index (χ3n) is 3.58. The first kappa shape index (κ1) is 16.3. The lowest BCUT2D eigenvalue weighted by Gasteiger charge is -2.09. The van der Waals surface area contributed by atoms with E-state index in [9.17, 15) is 19.1 Å². The fraction of sp³-hybridized carbons (Fsp3) is 0.0588. The summed E-state index contributed by atoms with van der Waals surface area (Å²) in [5.74, 6) is -2.28. The van der Waals surface area contributed by atoms with Crippen LogP contribution in [0.25, 0.3) is 22.3 Å². The number of anilines is 1. The van der Waals surface area contributed by atoms with Crippen LogP contribution in [0, 0.1) is 5.82 Å². The second-order valence-corrected chi connectivity index (χ2v) is 5.38. The lowest BCUT2D eigenvalue weighted by molar-refractivity contribution is -0.112. The van der Waals surface area contributed by atoms with Gasteiger partial charge in [-0.2, -0.15) is 0 Å². The summed E-state index contributed by atoms with van der Waals surface area (Å²) in [5.41, 5.74) is 1.28. The van der Waals surface area contributed by atoms with Crippen LogP contribution < -0.4 is 5.32 Å². The van der Waals surface area contributed by atoms with Gasteiger partial charge in [-0.25, -0.2) is 19.2 Å². The molecule has 3 N–H and O–H groups in total. The Labute approximate surface area is 141 Å². The third-order valence-corrected chi connectivity index (χ3v) is 3.58. The number of carbonyl (C=O) groups excluding carboxylic acids is 1. The average Bonchev–Trinajstić information content (AvgIpc) is 3.01. The lowest BCUT2D eigenvalue weighted by atomic mass is 10.1. The lowest BCUT2D eigenvalue weighted by Crippen LogP contribution is -2.13. The van der Waals surface area contributed by atoms with Crippen LogP contribution in [0.5, 0.6) is 0 Å². The Morgan fingerprint density at radius 3 is 2.76 bits per heavy atom. The van der Waals surface area contributed by atoms with Crippen LogP contribution >= 0.6 is 0 Å². The predicted octanol–water partition coefficient (Wildman–Crippen LogP) is 2.98. The number of carboxylic acids is 1. The van der Waals surface area contributed by atoms with Crippen molar-refractivity contribution in [2.75, 3.05) is 5.32 Å². The Morgan fingerprint density at radius 2 is 2.08 bits per heavy atom. The number of carboxylic acid groups (broad SMARTS) is 1. The highest BCUT2D eigenvalue weighted by molar-refractivity contribution is 6.08. The second-order valence-electron chi connectivity index (χ2n) is 5.38. The molecule has 2 aromatic heterocycles. The number of fused-ring (bicyclic) bond motifs is 1. The molecule has 0 unspecified atom stereocenters. The van der Waals surface area contributed by atoms with Crippen molar-refractivity contribution in [1.82, 2.24) is 15.0 Å². The molecule has 8 heteroatoms. The van der Waals surface area contributed by atoms with Crippen molar-refractivity contribution in [3.05, 3.63) is 54.3 Å². The average molecular weight is 340 g/mol. The first-order valence-corrected chi connectivity index (χ1v) is 7.20. The van der Waals surface area contributed by atoms with Crippen LogP contribution in [-0.4, -0.2) is 31.9 Å². The number of aromatic nitrogens is 3. The zero-order valence-corrected chi connectivity index (χ0v) is 13.1.